The molecule has 24 heavy (non-hydrogen) atoms. The van der Waals surface area contributed by atoms with Crippen molar-refractivity contribution in [2.45, 2.75) is 46.8 Å². The van der Waals surface area contributed by atoms with Crippen LogP contribution < -0.4 is 5.56 Å². The molecule has 0 saturated heterocycles. The number of hydrogen-bond donors (Lipinski definition) is 0. The number of carbonyl (C=O) groups is 2. The van der Waals surface area contributed by atoms with Crippen LogP contribution in [0.3, 0.4) is 0 Å². The Morgan fingerprint density at radius 2 is 2.00 bits per heavy atom. The fraction of sp³-hybridized carbons (Fsp3) is 0.500. The van der Waals surface area contributed by atoms with Crippen LogP contribution in [-0.4, -0.2) is 34.2 Å². The smallest absolute Gasteiger partial charge is 0.348 e. The number of fused-ring (bicyclic) bond motifs is 1. The molecule has 0 spiro atoms. The molecule has 1 atom stereocenters. The van der Waals surface area contributed by atoms with Gasteiger partial charge in [0.25, 0.3) is 5.56 Å². The van der Waals surface area contributed by atoms with Crippen molar-refractivity contribution in [2.24, 2.45) is 0 Å². The molecule has 0 unspecified atom stereocenters. The number of esters is 2. The zero-order chi connectivity index (χ0) is 18.0. The lowest BCUT2D eigenvalue weighted by atomic mass is 10.2. The Labute approximate surface area is 143 Å². The third-order valence-corrected chi connectivity index (χ3v) is 4.63. The van der Waals surface area contributed by atoms with Crippen molar-refractivity contribution >= 4 is 33.5 Å². The fourth-order valence-electron chi connectivity index (χ4n) is 2.25. The molecule has 0 amide bonds. The molecule has 0 aliphatic rings. The maximum absolute atomic E-state index is 12.7. The van der Waals surface area contributed by atoms with E-state index < -0.39 is 18.0 Å². The number of hydrogen-bond acceptors (Lipinski definition) is 7. The second kappa shape index (κ2) is 7.12. The Morgan fingerprint density at radius 3 is 2.58 bits per heavy atom. The number of aromatic nitrogens is 2. The van der Waals surface area contributed by atoms with E-state index >= 15 is 0 Å². The first-order chi connectivity index (χ1) is 11.3. The third-order valence-electron chi connectivity index (χ3n) is 3.45. The van der Waals surface area contributed by atoms with Gasteiger partial charge in [-0.25, -0.2) is 14.6 Å². The van der Waals surface area contributed by atoms with Gasteiger partial charge in [0.05, 0.1) is 24.4 Å². The lowest BCUT2D eigenvalue weighted by Crippen LogP contribution is -2.30. The molecule has 0 aliphatic heterocycles. The van der Waals surface area contributed by atoms with Crippen molar-refractivity contribution in [3.63, 3.8) is 0 Å². The number of rotatable bonds is 5. The van der Waals surface area contributed by atoms with Gasteiger partial charge >= 0.3 is 11.9 Å². The van der Waals surface area contributed by atoms with Gasteiger partial charge in [0.15, 0.2) is 0 Å². The van der Waals surface area contributed by atoms with E-state index in [4.69, 9.17) is 9.47 Å². The molecule has 0 N–H and O–H groups in total. The highest BCUT2D eigenvalue weighted by molar-refractivity contribution is 7.20. The Kier molecular flexibility index (Phi) is 5.38. The summed E-state index contributed by atoms with van der Waals surface area (Å²) in [6, 6.07) is -0.804. The molecule has 2 heterocycles. The lowest BCUT2D eigenvalue weighted by Gasteiger charge is -2.15. The molecule has 0 bridgehead atoms. The Bertz CT molecular complexity index is 837. The molecular weight excluding hydrogens is 332 g/mol. The van der Waals surface area contributed by atoms with Crippen molar-refractivity contribution < 1.29 is 19.1 Å². The Balaban J connectivity index is 2.51. The zero-order valence-electron chi connectivity index (χ0n) is 14.3. The van der Waals surface area contributed by atoms with Gasteiger partial charge in [-0.15, -0.1) is 11.3 Å². The summed E-state index contributed by atoms with van der Waals surface area (Å²) in [5.41, 5.74) is 0.141. The van der Waals surface area contributed by atoms with Crippen LogP contribution in [0.5, 0.6) is 0 Å². The van der Waals surface area contributed by atoms with Gasteiger partial charge in [-0.2, -0.15) is 0 Å². The average Bonchev–Trinajstić information content (AvgIpc) is 2.84. The molecule has 0 aliphatic carbocycles. The highest BCUT2D eigenvalue weighted by atomic mass is 32.1. The molecule has 0 aromatic carbocycles. The zero-order valence-corrected chi connectivity index (χ0v) is 15.1. The first kappa shape index (κ1) is 18.1. The van der Waals surface area contributed by atoms with E-state index in [9.17, 15) is 14.4 Å². The van der Waals surface area contributed by atoms with Crippen molar-refractivity contribution in [2.75, 3.05) is 6.61 Å². The molecule has 2 rings (SSSR count). The molecule has 0 radical (unpaired) electrons. The minimum atomic E-state index is -0.804. The normalized spacial score (nSPS) is 12.4. The predicted molar refractivity (Wildman–Crippen MR) is 90.5 cm³/mol. The minimum absolute atomic E-state index is 0.252. The third kappa shape index (κ3) is 3.33. The molecule has 2 aromatic rings. The summed E-state index contributed by atoms with van der Waals surface area (Å²) in [5.74, 6) is -0.983. The maximum Gasteiger partial charge on any atom is 0.348 e. The van der Waals surface area contributed by atoms with E-state index in [1.165, 1.54) is 10.9 Å². The second-order valence-corrected chi connectivity index (χ2v) is 6.57. The van der Waals surface area contributed by atoms with E-state index in [0.717, 1.165) is 11.3 Å². The number of thiophene rings is 1. The summed E-state index contributed by atoms with van der Waals surface area (Å²) in [5, 5.41) is 0.328. The molecule has 7 nitrogen and oxygen atoms in total. The van der Waals surface area contributed by atoms with E-state index in [1.807, 2.05) is 0 Å². The summed E-state index contributed by atoms with van der Waals surface area (Å²) in [7, 11) is 0. The summed E-state index contributed by atoms with van der Waals surface area (Å²) in [4.78, 5) is 41.8. The van der Waals surface area contributed by atoms with Crippen molar-refractivity contribution in [1.82, 2.24) is 9.55 Å². The van der Waals surface area contributed by atoms with Gasteiger partial charge in [0.1, 0.15) is 15.7 Å². The van der Waals surface area contributed by atoms with Gasteiger partial charge in [-0.1, -0.05) is 0 Å². The number of carbonyl (C=O) groups excluding carboxylic acids is 2. The van der Waals surface area contributed by atoms with Gasteiger partial charge in [-0.3, -0.25) is 9.36 Å². The van der Waals surface area contributed by atoms with Gasteiger partial charge < -0.3 is 9.47 Å². The summed E-state index contributed by atoms with van der Waals surface area (Å²) >= 11 is 1.11. The molecule has 2 aromatic heterocycles. The van der Waals surface area contributed by atoms with E-state index in [0.29, 0.717) is 20.7 Å². The number of ether oxygens (including phenoxy) is 2. The quantitative estimate of drug-likeness (QED) is 0.768. The largest absolute Gasteiger partial charge is 0.462 e. The van der Waals surface area contributed by atoms with Crippen LogP contribution in [-0.2, 0) is 14.3 Å². The highest BCUT2D eigenvalue weighted by Gasteiger charge is 2.24. The SMILES string of the molecule is CCOC(=O)c1sc2ncn([C@H](C)C(=O)OC(C)C)c(=O)c2c1C. The Morgan fingerprint density at radius 1 is 1.33 bits per heavy atom. The van der Waals surface area contributed by atoms with Crippen molar-refractivity contribution in [3.8, 4) is 0 Å². The molecule has 0 fully saturated rings. The molecule has 130 valence electrons. The standard InChI is InChI=1S/C16H20N2O5S/c1-6-22-16(21)12-9(4)11-13(24-12)17-7-18(14(11)19)10(5)15(20)23-8(2)3/h7-8,10H,6H2,1-5H3/t10-/m1/s1. The van der Waals surface area contributed by atoms with Gasteiger partial charge in [0, 0.05) is 0 Å². The van der Waals surface area contributed by atoms with Crippen LogP contribution in [0.25, 0.3) is 10.2 Å². The maximum atomic E-state index is 12.7. The first-order valence-corrected chi connectivity index (χ1v) is 8.47. The average molecular weight is 352 g/mol. The topological polar surface area (TPSA) is 87.5 Å². The monoisotopic (exact) mass is 352 g/mol. The van der Waals surface area contributed by atoms with Crippen molar-refractivity contribution in [1.29, 1.82) is 0 Å². The van der Waals surface area contributed by atoms with E-state index in [1.54, 1.807) is 34.6 Å². The molecular formula is C16H20N2O5S. The minimum Gasteiger partial charge on any atom is -0.462 e. The van der Waals surface area contributed by atoms with Crippen LogP contribution in [0.15, 0.2) is 11.1 Å². The highest BCUT2D eigenvalue weighted by Crippen LogP contribution is 2.27. The summed E-state index contributed by atoms with van der Waals surface area (Å²) < 4.78 is 11.4. The molecule has 0 saturated carbocycles. The summed E-state index contributed by atoms with van der Waals surface area (Å²) in [6.45, 7) is 8.70. The number of nitrogens with zero attached hydrogens (tertiary/aromatic N) is 2. The fourth-order valence-corrected chi connectivity index (χ4v) is 3.28. The van der Waals surface area contributed by atoms with E-state index in [-0.39, 0.29) is 18.3 Å². The van der Waals surface area contributed by atoms with Crippen LogP contribution in [0.4, 0.5) is 0 Å². The second-order valence-electron chi connectivity index (χ2n) is 5.58. The predicted octanol–water partition coefficient (Wildman–Crippen LogP) is 2.46. The molecule has 8 heteroatoms. The van der Waals surface area contributed by atoms with Crippen LogP contribution >= 0.6 is 11.3 Å². The van der Waals surface area contributed by atoms with Gasteiger partial charge in [-0.05, 0) is 40.2 Å². The van der Waals surface area contributed by atoms with Crippen molar-refractivity contribution in [3.05, 3.63) is 27.1 Å². The van der Waals surface area contributed by atoms with E-state index in [2.05, 4.69) is 4.98 Å². The Hall–Kier alpha value is -2.22. The number of aryl methyl sites for hydroxylation is 1. The van der Waals surface area contributed by atoms with Crippen LogP contribution in [0.2, 0.25) is 0 Å². The van der Waals surface area contributed by atoms with Crippen LogP contribution in [0, 0.1) is 6.92 Å². The summed E-state index contributed by atoms with van der Waals surface area (Å²) in [6.07, 6.45) is 1.03. The van der Waals surface area contributed by atoms with Gasteiger partial charge in [0.2, 0.25) is 0 Å². The lowest BCUT2D eigenvalue weighted by molar-refractivity contribution is -0.151. The first-order valence-electron chi connectivity index (χ1n) is 7.65. The van der Waals surface area contributed by atoms with Crippen LogP contribution in [0.1, 0.15) is 49.0 Å².